The van der Waals surface area contributed by atoms with E-state index in [1.54, 1.807) is 0 Å². The number of amides is 1. The van der Waals surface area contributed by atoms with E-state index in [1.165, 1.54) is 10.9 Å². The molecule has 0 bridgehead atoms. The lowest BCUT2D eigenvalue weighted by molar-refractivity contribution is -0.118. The average molecular weight is 318 g/mol. The van der Waals surface area contributed by atoms with Gasteiger partial charge in [0.15, 0.2) is 0 Å². The molecule has 24 heavy (non-hydrogen) atoms. The van der Waals surface area contributed by atoms with Crippen molar-refractivity contribution in [3.8, 4) is 0 Å². The van der Waals surface area contributed by atoms with Crippen LogP contribution >= 0.6 is 0 Å². The number of aromatic nitrogens is 1. The first-order chi connectivity index (χ1) is 11.5. The summed E-state index contributed by atoms with van der Waals surface area (Å²) in [5, 5.41) is 4.38. The molecule has 1 aliphatic carbocycles. The van der Waals surface area contributed by atoms with Crippen LogP contribution in [0, 0.1) is 20.8 Å². The molecule has 0 spiro atoms. The van der Waals surface area contributed by atoms with Gasteiger partial charge in [-0.2, -0.15) is 0 Å². The van der Waals surface area contributed by atoms with Gasteiger partial charge in [0.25, 0.3) is 0 Å². The van der Waals surface area contributed by atoms with Crippen molar-refractivity contribution in [3.05, 3.63) is 64.8 Å². The first-order valence-electron chi connectivity index (χ1n) is 8.48. The van der Waals surface area contributed by atoms with Gasteiger partial charge in [0.1, 0.15) is 0 Å². The minimum Gasteiger partial charge on any atom is -0.358 e. The third-order valence-corrected chi connectivity index (χ3v) is 5.28. The normalized spacial score (nSPS) is 15.5. The number of aromatic amines is 1. The molecule has 3 heteroatoms. The summed E-state index contributed by atoms with van der Waals surface area (Å²) < 4.78 is 0. The van der Waals surface area contributed by atoms with Crippen LogP contribution in [-0.2, 0) is 10.2 Å². The molecule has 0 unspecified atom stereocenters. The minimum atomic E-state index is -0.390. The van der Waals surface area contributed by atoms with Crippen molar-refractivity contribution in [1.82, 2.24) is 4.98 Å². The second kappa shape index (κ2) is 5.23. The van der Waals surface area contributed by atoms with E-state index in [0.29, 0.717) is 0 Å². The van der Waals surface area contributed by atoms with Crippen LogP contribution in [0.3, 0.4) is 0 Å². The van der Waals surface area contributed by atoms with Gasteiger partial charge in [-0.1, -0.05) is 36.4 Å². The lowest BCUT2D eigenvalue weighted by atomic mass is 9.91. The van der Waals surface area contributed by atoms with Gasteiger partial charge in [-0.05, 0) is 56.4 Å². The van der Waals surface area contributed by atoms with Crippen LogP contribution in [0.15, 0.2) is 42.5 Å². The number of aryl methyl sites for hydroxylation is 3. The van der Waals surface area contributed by atoms with E-state index in [4.69, 9.17) is 0 Å². The number of carbonyl (C=O) groups excluding carboxylic acids is 1. The summed E-state index contributed by atoms with van der Waals surface area (Å²) in [4.78, 5) is 16.6. The second-order valence-electron chi connectivity index (χ2n) is 6.97. The van der Waals surface area contributed by atoms with E-state index in [2.05, 4.69) is 29.4 Å². The quantitative estimate of drug-likeness (QED) is 0.718. The zero-order valence-corrected chi connectivity index (χ0v) is 14.4. The van der Waals surface area contributed by atoms with E-state index in [9.17, 15) is 4.79 Å². The van der Waals surface area contributed by atoms with Crippen LogP contribution in [-0.4, -0.2) is 10.9 Å². The SMILES string of the molecule is Cc1cccc(C)c1NC(=O)C1(c2c(C)[nH]c3ccccc23)CC1. The van der Waals surface area contributed by atoms with E-state index in [1.807, 2.05) is 44.2 Å². The molecule has 0 radical (unpaired) electrons. The second-order valence-corrected chi connectivity index (χ2v) is 6.97. The molecule has 4 rings (SSSR count). The fourth-order valence-corrected chi connectivity index (χ4v) is 3.85. The number of fused-ring (bicyclic) bond motifs is 1. The van der Waals surface area contributed by atoms with Gasteiger partial charge in [-0.3, -0.25) is 4.79 Å². The van der Waals surface area contributed by atoms with Crippen LogP contribution in [0.25, 0.3) is 10.9 Å². The number of nitrogens with one attached hydrogen (secondary N) is 2. The fourth-order valence-electron chi connectivity index (χ4n) is 3.85. The summed E-state index contributed by atoms with van der Waals surface area (Å²) in [5.41, 5.74) is 6.15. The Hall–Kier alpha value is -2.55. The molecule has 0 aliphatic heterocycles. The Labute approximate surface area is 142 Å². The van der Waals surface area contributed by atoms with Gasteiger partial charge in [0.05, 0.1) is 5.41 Å². The van der Waals surface area contributed by atoms with Crippen LogP contribution in [0.1, 0.15) is 35.2 Å². The van der Waals surface area contributed by atoms with E-state index in [-0.39, 0.29) is 5.91 Å². The molecule has 3 nitrogen and oxygen atoms in total. The number of carbonyl (C=O) groups is 1. The molecule has 122 valence electrons. The summed E-state index contributed by atoms with van der Waals surface area (Å²) in [6, 6.07) is 14.4. The molecule has 1 heterocycles. The number of benzene rings is 2. The summed E-state index contributed by atoms with van der Waals surface area (Å²) in [7, 11) is 0. The zero-order chi connectivity index (χ0) is 16.9. The maximum Gasteiger partial charge on any atom is 0.235 e. The number of H-pyrrole nitrogens is 1. The first-order valence-corrected chi connectivity index (χ1v) is 8.48. The molecule has 1 fully saturated rings. The monoisotopic (exact) mass is 318 g/mol. The van der Waals surface area contributed by atoms with E-state index in [0.717, 1.165) is 40.9 Å². The maximum atomic E-state index is 13.2. The highest BCUT2D eigenvalue weighted by molar-refractivity contribution is 6.05. The van der Waals surface area contributed by atoms with Crippen LogP contribution in [0.4, 0.5) is 5.69 Å². The highest BCUT2D eigenvalue weighted by Gasteiger charge is 2.53. The fraction of sp³-hybridized carbons (Fsp3) is 0.286. The topological polar surface area (TPSA) is 44.9 Å². The Bertz CT molecular complexity index is 927. The number of hydrogen-bond donors (Lipinski definition) is 2. The van der Waals surface area contributed by atoms with Crippen molar-refractivity contribution in [2.24, 2.45) is 0 Å². The Balaban J connectivity index is 1.75. The number of hydrogen-bond acceptors (Lipinski definition) is 1. The lowest BCUT2D eigenvalue weighted by Gasteiger charge is -2.18. The van der Waals surface area contributed by atoms with Gasteiger partial charge in [-0.15, -0.1) is 0 Å². The molecule has 0 saturated heterocycles. The average Bonchev–Trinajstić information content (AvgIpc) is 3.28. The van der Waals surface area contributed by atoms with E-state index < -0.39 is 5.41 Å². The molecule has 1 saturated carbocycles. The lowest BCUT2D eigenvalue weighted by Crippen LogP contribution is -2.29. The Kier molecular flexibility index (Phi) is 3.27. The van der Waals surface area contributed by atoms with Crippen molar-refractivity contribution < 1.29 is 4.79 Å². The number of rotatable bonds is 3. The third kappa shape index (κ3) is 2.15. The predicted molar refractivity (Wildman–Crippen MR) is 98.5 cm³/mol. The van der Waals surface area contributed by atoms with Crippen molar-refractivity contribution >= 4 is 22.5 Å². The molecule has 1 aromatic heterocycles. The Morgan fingerprint density at radius 2 is 1.67 bits per heavy atom. The van der Waals surface area contributed by atoms with E-state index >= 15 is 0 Å². The number of para-hydroxylation sites is 2. The third-order valence-electron chi connectivity index (χ3n) is 5.28. The van der Waals surface area contributed by atoms with Crippen molar-refractivity contribution in [2.45, 2.75) is 39.0 Å². The predicted octanol–water partition coefficient (Wildman–Crippen LogP) is 4.76. The van der Waals surface area contributed by atoms with Gasteiger partial charge in [0, 0.05) is 22.3 Å². The molecule has 1 aliphatic rings. The van der Waals surface area contributed by atoms with Gasteiger partial charge in [0.2, 0.25) is 5.91 Å². The summed E-state index contributed by atoms with van der Waals surface area (Å²) in [6.45, 7) is 6.15. The van der Waals surface area contributed by atoms with Crippen LogP contribution in [0.2, 0.25) is 0 Å². The number of anilines is 1. The highest BCUT2D eigenvalue weighted by atomic mass is 16.2. The Morgan fingerprint density at radius 1 is 1.00 bits per heavy atom. The van der Waals surface area contributed by atoms with Crippen LogP contribution < -0.4 is 5.32 Å². The largest absolute Gasteiger partial charge is 0.358 e. The summed E-state index contributed by atoms with van der Waals surface area (Å²) in [6.07, 6.45) is 1.82. The summed E-state index contributed by atoms with van der Waals surface area (Å²) >= 11 is 0. The standard InChI is InChI=1S/C21H22N2O/c1-13-7-6-8-14(2)19(13)23-20(24)21(11-12-21)18-15(3)22-17-10-5-4-9-16(17)18/h4-10,22H,11-12H2,1-3H3,(H,23,24). The highest BCUT2D eigenvalue weighted by Crippen LogP contribution is 2.52. The molecule has 1 amide bonds. The maximum absolute atomic E-state index is 13.2. The Morgan fingerprint density at radius 3 is 2.33 bits per heavy atom. The molecule has 2 N–H and O–H groups in total. The zero-order valence-electron chi connectivity index (χ0n) is 14.4. The molecule has 0 atom stereocenters. The van der Waals surface area contributed by atoms with Crippen molar-refractivity contribution in [3.63, 3.8) is 0 Å². The van der Waals surface area contributed by atoms with Gasteiger partial charge in [-0.25, -0.2) is 0 Å². The smallest absolute Gasteiger partial charge is 0.235 e. The summed E-state index contributed by atoms with van der Waals surface area (Å²) in [5.74, 6) is 0.118. The van der Waals surface area contributed by atoms with Gasteiger partial charge < -0.3 is 10.3 Å². The van der Waals surface area contributed by atoms with Crippen molar-refractivity contribution in [1.29, 1.82) is 0 Å². The first kappa shape index (κ1) is 15.0. The molecule has 2 aromatic carbocycles. The minimum absolute atomic E-state index is 0.118. The molecular formula is C21H22N2O. The van der Waals surface area contributed by atoms with Crippen LogP contribution in [0.5, 0.6) is 0 Å². The molecular weight excluding hydrogens is 296 g/mol. The van der Waals surface area contributed by atoms with Gasteiger partial charge >= 0.3 is 0 Å². The molecule has 3 aromatic rings. The van der Waals surface area contributed by atoms with Crippen molar-refractivity contribution in [2.75, 3.05) is 5.32 Å².